The van der Waals surface area contributed by atoms with E-state index in [-0.39, 0.29) is 11.9 Å². The van der Waals surface area contributed by atoms with Crippen molar-refractivity contribution < 1.29 is 4.79 Å². The molecule has 1 saturated carbocycles. The van der Waals surface area contributed by atoms with Gasteiger partial charge in [0.05, 0.1) is 5.69 Å². The molecular formula is C18H23N5OS. The van der Waals surface area contributed by atoms with Crippen LogP contribution in [-0.2, 0) is 4.79 Å². The van der Waals surface area contributed by atoms with E-state index in [2.05, 4.69) is 25.6 Å². The van der Waals surface area contributed by atoms with Crippen LogP contribution in [0.3, 0.4) is 0 Å². The number of nitrogens with zero attached hydrogens (tertiary/aromatic N) is 3. The molecule has 2 aromatic rings. The Bertz CT molecular complexity index is 697. The molecule has 3 rings (SSSR count). The highest BCUT2D eigenvalue weighted by molar-refractivity contribution is 7.98. The summed E-state index contributed by atoms with van der Waals surface area (Å²) in [7, 11) is 0. The van der Waals surface area contributed by atoms with Gasteiger partial charge in [-0.3, -0.25) is 9.78 Å². The first-order chi connectivity index (χ1) is 12.2. The number of pyridine rings is 1. The first kappa shape index (κ1) is 17.7. The van der Waals surface area contributed by atoms with Crippen molar-refractivity contribution in [1.29, 1.82) is 0 Å². The van der Waals surface area contributed by atoms with E-state index in [1.54, 1.807) is 30.4 Å². The Morgan fingerprint density at radius 3 is 2.80 bits per heavy atom. The Labute approximate surface area is 152 Å². The molecule has 132 valence electrons. The molecule has 0 spiro atoms. The van der Waals surface area contributed by atoms with Crippen molar-refractivity contribution in [2.24, 2.45) is 0 Å². The van der Waals surface area contributed by atoms with E-state index in [9.17, 15) is 4.79 Å². The summed E-state index contributed by atoms with van der Waals surface area (Å²) in [6.45, 7) is 0. The van der Waals surface area contributed by atoms with Crippen molar-refractivity contribution in [3.63, 3.8) is 0 Å². The average molecular weight is 357 g/mol. The Morgan fingerprint density at radius 1 is 1.20 bits per heavy atom. The van der Waals surface area contributed by atoms with Crippen molar-refractivity contribution in [2.75, 3.05) is 17.3 Å². The van der Waals surface area contributed by atoms with Gasteiger partial charge in [-0.2, -0.15) is 11.8 Å². The number of aromatic nitrogens is 3. The smallest absolute Gasteiger partial charge is 0.223 e. The molecule has 1 aliphatic rings. The van der Waals surface area contributed by atoms with Crippen molar-refractivity contribution in [2.45, 2.75) is 37.8 Å². The van der Waals surface area contributed by atoms with Gasteiger partial charge in [-0.1, -0.05) is 0 Å². The first-order valence-corrected chi connectivity index (χ1v) is 9.92. The van der Waals surface area contributed by atoms with Crippen molar-refractivity contribution in [1.82, 2.24) is 20.3 Å². The molecule has 0 saturated heterocycles. The van der Waals surface area contributed by atoms with Crippen molar-refractivity contribution >= 4 is 23.6 Å². The molecule has 0 aromatic carbocycles. The van der Waals surface area contributed by atoms with Crippen LogP contribution in [0.5, 0.6) is 0 Å². The molecule has 2 N–H and O–H groups in total. The Balaban J connectivity index is 1.54. The molecule has 1 aliphatic carbocycles. The van der Waals surface area contributed by atoms with Crippen LogP contribution in [0.15, 0.2) is 36.8 Å². The van der Waals surface area contributed by atoms with E-state index in [0.29, 0.717) is 18.4 Å². The lowest BCUT2D eigenvalue weighted by Crippen LogP contribution is -2.34. The van der Waals surface area contributed by atoms with Gasteiger partial charge in [0, 0.05) is 48.4 Å². The molecular weight excluding hydrogens is 334 g/mol. The van der Waals surface area contributed by atoms with Gasteiger partial charge in [0.2, 0.25) is 11.9 Å². The zero-order chi connectivity index (χ0) is 17.5. The molecule has 2 heterocycles. The molecule has 6 nitrogen and oxygen atoms in total. The zero-order valence-corrected chi connectivity index (χ0v) is 15.1. The second kappa shape index (κ2) is 8.80. The summed E-state index contributed by atoms with van der Waals surface area (Å²) in [4.78, 5) is 24.8. The minimum Gasteiger partial charge on any atom is -0.353 e. The van der Waals surface area contributed by atoms with Gasteiger partial charge in [-0.15, -0.1) is 0 Å². The summed E-state index contributed by atoms with van der Waals surface area (Å²) in [5.41, 5.74) is 1.89. The Hall–Kier alpha value is -2.15. The van der Waals surface area contributed by atoms with Gasteiger partial charge in [0.15, 0.2) is 0 Å². The van der Waals surface area contributed by atoms with Crippen LogP contribution in [0.2, 0.25) is 0 Å². The third-order valence-corrected chi connectivity index (χ3v) is 4.91. The van der Waals surface area contributed by atoms with Gasteiger partial charge >= 0.3 is 0 Å². The van der Waals surface area contributed by atoms with Gasteiger partial charge in [-0.25, -0.2) is 9.97 Å². The fourth-order valence-corrected chi connectivity index (χ4v) is 3.42. The molecule has 1 fully saturated rings. The van der Waals surface area contributed by atoms with Crippen LogP contribution in [-0.4, -0.2) is 45.0 Å². The van der Waals surface area contributed by atoms with Crippen LogP contribution in [0.1, 0.15) is 25.7 Å². The van der Waals surface area contributed by atoms with Crippen LogP contribution < -0.4 is 10.6 Å². The number of rotatable bonds is 7. The van der Waals surface area contributed by atoms with Crippen LogP contribution in [0, 0.1) is 0 Å². The summed E-state index contributed by atoms with van der Waals surface area (Å²) >= 11 is 1.70. The van der Waals surface area contributed by atoms with Crippen LogP contribution in [0.25, 0.3) is 11.3 Å². The lowest BCUT2D eigenvalue weighted by Gasteiger charge is -2.15. The van der Waals surface area contributed by atoms with Crippen LogP contribution in [0.4, 0.5) is 5.95 Å². The fourth-order valence-electron chi connectivity index (χ4n) is 3.03. The monoisotopic (exact) mass is 357 g/mol. The van der Waals surface area contributed by atoms with Gasteiger partial charge in [0.25, 0.3) is 0 Å². The normalized spacial score (nSPS) is 19.6. The van der Waals surface area contributed by atoms with Crippen LogP contribution >= 0.6 is 11.8 Å². The molecule has 0 unspecified atom stereocenters. The molecule has 0 radical (unpaired) electrons. The molecule has 0 bridgehead atoms. The van der Waals surface area contributed by atoms with Gasteiger partial charge in [-0.05, 0) is 43.7 Å². The quantitative estimate of drug-likeness (QED) is 0.793. The summed E-state index contributed by atoms with van der Waals surface area (Å²) in [6.07, 6.45) is 10.8. The maximum atomic E-state index is 11.8. The number of thioether (sulfide) groups is 1. The van der Waals surface area contributed by atoms with Crippen molar-refractivity contribution in [3.8, 4) is 11.3 Å². The minimum absolute atomic E-state index is 0.149. The number of hydrogen-bond acceptors (Lipinski definition) is 6. The third-order valence-electron chi connectivity index (χ3n) is 4.30. The second-order valence-corrected chi connectivity index (χ2v) is 7.15. The predicted octanol–water partition coefficient (Wildman–Crippen LogP) is 2.74. The topological polar surface area (TPSA) is 79.8 Å². The number of carbonyl (C=O) groups excluding carboxylic acids is 1. The summed E-state index contributed by atoms with van der Waals surface area (Å²) < 4.78 is 0. The molecule has 0 aliphatic heterocycles. The average Bonchev–Trinajstić information content (AvgIpc) is 3.07. The summed E-state index contributed by atoms with van der Waals surface area (Å²) in [6, 6.07) is 6.29. The van der Waals surface area contributed by atoms with E-state index in [1.807, 2.05) is 24.5 Å². The predicted molar refractivity (Wildman–Crippen MR) is 101 cm³/mol. The lowest BCUT2D eigenvalue weighted by molar-refractivity contribution is -0.121. The van der Waals surface area contributed by atoms with Gasteiger partial charge in [0.1, 0.15) is 0 Å². The molecule has 25 heavy (non-hydrogen) atoms. The number of nitrogens with one attached hydrogen (secondary N) is 2. The molecule has 2 aromatic heterocycles. The second-order valence-electron chi connectivity index (χ2n) is 6.16. The van der Waals surface area contributed by atoms with E-state index in [4.69, 9.17) is 0 Å². The maximum absolute atomic E-state index is 11.8. The SMILES string of the molecule is CSCCC(=O)N[C@H]1CC[C@H](Nc2nccc(-c3ccncc3)n2)C1. The third kappa shape index (κ3) is 5.16. The highest BCUT2D eigenvalue weighted by Gasteiger charge is 2.26. The number of anilines is 1. The van der Waals surface area contributed by atoms with Gasteiger partial charge < -0.3 is 10.6 Å². The summed E-state index contributed by atoms with van der Waals surface area (Å²) in [5, 5.41) is 6.53. The minimum atomic E-state index is 0.149. The zero-order valence-electron chi connectivity index (χ0n) is 14.3. The molecule has 7 heteroatoms. The first-order valence-electron chi connectivity index (χ1n) is 8.53. The van der Waals surface area contributed by atoms with E-state index >= 15 is 0 Å². The lowest BCUT2D eigenvalue weighted by atomic mass is 10.2. The number of hydrogen-bond donors (Lipinski definition) is 2. The van der Waals surface area contributed by atoms with E-state index in [1.165, 1.54) is 0 Å². The van der Waals surface area contributed by atoms with E-state index in [0.717, 1.165) is 36.3 Å². The van der Waals surface area contributed by atoms with E-state index < -0.39 is 0 Å². The largest absolute Gasteiger partial charge is 0.353 e. The number of carbonyl (C=O) groups is 1. The Kier molecular flexibility index (Phi) is 6.22. The number of amides is 1. The molecule has 1 amide bonds. The fraction of sp³-hybridized carbons (Fsp3) is 0.444. The Morgan fingerprint density at radius 2 is 2.00 bits per heavy atom. The maximum Gasteiger partial charge on any atom is 0.223 e. The summed E-state index contributed by atoms with van der Waals surface area (Å²) in [5.74, 6) is 1.65. The highest BCUT2D eigenvalue weighted by Crippen LogP contribution is 2.23. The standard InChI is InChI=1S/C18H23N5OS/c1-25-11-7-17(24)21-14-2-3-15(12-14)22-18-20-10-6-16(23-18)13-4-8-19-9-5-13/h4-6,8-10,14-15H,2-3,7,11-12H2,1H3,(H,21,24)(H,20,22,23)/t14-,15-/m0/s1. The molecule has 2 atom stereocenters. The van der Waals surface area contributed by atoms with Crippen molar-refractivity contribution in [3.05, 3.63) is 36.8 Å². The highest BCUT2D eigenvalue weighted by atomic mass is 32.2.